The maximum Gasteiger partial charge on any atom is 0.454 e. The summed E-state index contributed by atoms with van der Waals surface area (Å²) in [6.45, 7) is 1.01. The van der Waals surface area contributed by atoms with Gasteiger partial charge in [-0.15, -0.1) is 23.1 Å². The molecule has 0 N–H and O–H groups in total. The first-order valence-corrected chi connectivity index (χ1v) is 7.35. The molecule has 9 heteroatoms. The molecule has 1 aliphatic rings. The number of rotatable bonds is 3. The highest BCUT2D eigenvalue weighted by Crippen LogP contribution is 2.32. The summed E-state index contributed by atoms with van der Waals surface area (Å²) in [5, 5.41) is 0.340. The minimum Gasteiger partial charge on any atom is -0.360 e. The van der Waals surface area contributed by atoms with E-state index in [1.807, 2.05) is 0 Å². The van der Waals surface area contributed by atoms with Gasteiger partial charge >= 0.3 is 6.18 Å². The Bertz CT molecular complexity index is 515. The van der Waals surface area contributed by atoms with E-state index in [1.165, 1.54) is 23.1 Å². The summed E-state index contributed by atoms with van der Waals surface area (Å²) in [5.74, 6) is -1.17. The molecule has 1 saturated heterocycles. The van der Waals surface area contributed by atoms with E-state index >= 15 is 0 Å². The molecule has 0 aliphatic carbocycles. The Morgan fingerprint density at radius 1 is 1.58 bits per heavy atom. The zero-order valence-corrected chi connectivity index (χ0v) is 11.8. The van der Waals surface area contributed by atoms with Gasteiger partial charge < -0.3 is 4.90 Å². The van der Waals surface area contributed by atoms with Crippen LogP contribution in [0.2, 0.25) is 4.47 Å². The Labute approximate surface area is 120 Å². The predicted molar refractivity (Wildman–Crippen MR) is 69.1 cm³/mol. The van der Waals surface area contributed by atoms with Crippen LogP contribution in [0.5, 0.6) is 0 Å². The van der Waals surface area contributed by atoms with Gasteiger partial charge in [0.05, 0.1) is 11.6 Å². The lowest BCUT2D eigenvalue weighted by molar-refractivity contribution is -0.165. The number of allylic oxidation sites excluding steroid dienone is 1. The van der Waals surface area contributed by atoms with Crippen molar-refractivity contribution in [3.8, 4) is 0 Å². The van der Waals surface area contributed by atoms with Gasteiger partial charge in [-0.25, -0.2) is 4.98 Å². The average Bonchev–Trinajstić information content (AvgIpc) is 2.88. The third kappa shape index (κ3) is 3.87. The first-order valence-electron chi connectivity index (χ1n) is 5.17. The summed E-state index contributed by atoms with van der Waals surface area (Å²) in [5.41, 5.74) is 0. The number of thioether (sulfide) groups is 1. The number of thiazole rings is 1. The summed E-state index contributed by atoms with van der Waals surface area (Å²) >= 11 is 8.20. The zero-order valence-electron chi connectivity index (χ0n) is 9.41. The van der Waals surface area contributed by atoms with E-state index in [2.05, 4.69) is 4.98 Å². The molecule has 3 nitrogen and oxygen atoms in total. The van der Waals surface area contributed by atoms with Crippen LogP contribution in [-0.4, -0.2) is 34.1 Å². The molecule has 0 bridgehead atoms. The van der Waals surface area contributed by atoms with E-state index in [0.717, 1.165) is 4.88 Å². The molecule has 0 saturated carbocycles. The number of aromatic nitrogens is 1. The number of ketones is 1. The Hall–Kier alpha value is -0.730. The van der Waals surface area contributed by atoms with Gasteiger partial charge in [0, 0.05) is 29.4 Å². The average molecular weight is 329 g/mol. The lowest BCUT2D eigenvalue weighted by atomic mass is 10.3. The van der Waals surface area contributed by atoms with Crippen molar-refractivity contribution in [1.29, 1.82) is 0 Å². The van der Waals surface area contributed by atoms with Crippen LogP contribution < -0.4 is 0 Å². The van der Waals surface area contributed by atoms with Gasteiger partial charge in [-0.3, -0.25) is 4.79 Å². The maximum absolute atomic E-state index is 12.2. The highest BCUT2D eigenvalue weighted by molar-refractivity contribution is 8.03. The summed E-state index contributed by atoms with van der Waals surface area (Å²) < 4.78 is 37.0. The molecule has 1 fully saturated rings. The fourth-order valence-corrected chi connectivity index (χ4v) is 3.53. The normalized spacial score (nSPS) is 18.3. The number of carbonyl (C=O) groups is 1. The van der Waals surface area contributed by atoms with Crippen LogP contribution in [0, 0.1) is 0 Å². The molecule has 0 unspecified atom stereocenters. The zero-order chi connectivity index (χ0) is 14.0. The van der Waals surface area contributed by atoms with Crippen LogP contribution in [-0.2, 0) is 11.3 Å². The largest absolute Gasteiger partial charge is 0.454 e. The Kier molecular flexibility index (Phi) is 4.42. The van der Waals surface area contributed by atoms with Crippen LogP contribution in [0.15, 0.2) is 17.3 Å². The van der Waals surface area contributed by atoms with Crippen molar-refractivity contribution in [2.45, 2.75) is 12.7 Å². The molecule has 1 aliphatic heterocycles. The number of nitrogens with zero attached hydrogens (tertiary/aromatic N) is 2. The van der Waals surface area contributed by atoms with Crippen LogP contribution in [0.3, 0.4) is 0 Å². The molecule has 19 heavy (non-hydrogen) atoms. The molecular weight excluding hydrogens is 321 g/mol. The van der Waals surface area contributed by atoms with Gasteiger partial charge in [0.1, 0.15) is 0 Å². The van der Waals surface area contributed by atoms with E-state index < -0.39 is 12.0 Å². The quantitative estimate of drug-likeness (QED) is 0.797. The summed E-state index contributed by atoms with van der Waals surface area (Å²) in [7, 11) is 0. The fraction of sp³-hybridized carbons (Fsp3) is 0.400. The van der Waals surface area contributed by atoms with Crippen LogP contribution >= 0.6 is 34.7 Å². The lowest BCUT2D eigenvalue weighted by Gasteiger charge is -2.17. The minimum atomic E-state index is -4.82. The van der Waals surface area contributed by atoms with Gasteiger partial charge in [0.2, 0.25) is 0 Å². The standard InChI is InChI=1S/C10H8ClF3N2OS2/c11-9-15-4-6(19-9)5-16-1-2-18-8(16)3-7(17)10(12,13)14/h3-4H,1-2,5H2/b8-3+. The third-order valence-electron chi connectivity index (χ3n) is 2.33. The number of carbonyl (C=O) groups excluding carboxylic acids is 1. The topological polar surface area (TPSA) is 33.2 Å². The first kappa shape index (κ1) is 14.7. The van der Waals surface area contributed by atoms with Crippen molar-refractivity contribution in [2.24, 2.45) is 0 Å². The van der Waals surface area contributed by atoms with Crippen molar-refractivity contribution in [1.82, 2.24) is 9.88 Å². The monoisotopic (exact) mass is 328 g/mol. The molecule has 0 amide bonds. The molecule has 2 rings (SSSR count). The van der Waals surface area contributed by atoms with Crippen LogP contribution in [0.1, 0.15) is 4.88 Å². The Morgan fingerprint density at radius 3 is 2.89 bits per heavy atom. The second-order valence-corrected chi connectivity index (χ2v) is 6.51. The lowest BCUT2D eigenvalue weighted by Crippen LogP contribution is -2.23. The Morgan fingerprint density at radius 2 is 2.32 bits per heavy atom. The summed E-state index contributed by atoms with van der Waals surface area (Å²) in [6, 6.07) is 0. The van der Waals surface area contributed by atoms with E-state index in [0.29, 0.717) is 34.4 Å². The minimum absolute atomic E-state index is 0.340. The van der Waals surface area contributed by atoms with Gasteiger partial charge in [-0.1, -0.05) is 11.6 Å². The number of hydrogen-bond donors (Lipinski definition) is 0. The maximum atomic E-state index is 12.2. The van der Waals surface area contributed by atoms with E-state index in [-0.39, 0.29) is 0 Å². The first-order chi connectivity index (χ1) is 8.86. The predicted octanol–water partition coefficient (Wildman–Crippen LogP) is 3.32. The van der Waals surface area contributed by atoms with Crippen molar-refractivity contribution in [3.05, 3.63) is 26.6 Å². The second-order valence-electron chi connectivity index (χ2n) is 3.69. The van der Waals surface area contributed by atoms with Crippen LogP contribution in [0.25, 0.3) is 0 Å². The van der Waals surface area contributed by atoms with Gasteiger partial charge in [0.25, 0.3) is 5.78 Å². The van der Waals surface area contributed by atoms with E-state index in [9.17, 15) is 18.0 Å². The van der Waals surface area contributed by atoms with Crippen molar-refractivity contribution >= 4 is 40.5 Å². The molecular formula is C10H8ClF3N2OS2. The van der Waals surface area contributed by atoms with Crippen molar-refractivity contribution < 1.29 is 18.0 Å². The second kappa shape index (κ2) is 5.72. The third-order valence-corrected chi connectivity index (χ3v) is 4.49. The van der Waals surface area contributed by atoms with Crippen LogP contribution in [0.4, 0.5) is 13.2 Å². The van der Waals surface area contributed by atoms with Gasteiger partial charge in [0.15, 0.2) is 4.47 Å². The van der Waals surface area contributed by atoms with Gasteiger partial charge in [-0.2, -0.15) is 13.2 Å². The molecule has 0 aromatic carbocycles. The molecule has 104 valence electrons. The van der Waals surface area contributed by atoms with Crippen molar-refractivity contribution in [2.75, 3.05) is 12.3 Å². The molecule has 1 aromatic heterocycles. The highest BCUT2D eigenvalue weighted by Gasteiger charge is 2.37. The van der Waals surface area contributed by atoms with E-state index in [1.54, 1.807) is 11.1 Å². The smallest absolute Gasteiger partial charge is 0.360 e. The fourth-order valence-electron chi connectivity index (χ4n) is 1.49. The van der Waals surface area contributed by atoms with Crippen molar-refractivity contribution in [3.63, 3.8) is 0 Å². The SMILES string of the molecule is O=C(/C=C1/SCCN1Cc1cnc(Cl)s1)C(F)(F)F. The number of halogens is 4. The van der Waals surface area contributed by atoms with Gasteiger partial charge in [-0.05, 0) is 0 Å². The molecule has 2 heterocycles. The molecule has 0 atom stereocenters. The number of alkyl halides is 3. The van der Waals surface area contributed by atoms with E-state index in [4.69, 9.17) is 11.6 Å². The highest BCUT2D eigenvalue weighted by atomic mass is 35.5. The number of hydrogen-bond acceptors (Lipinski definition) is 5. The molecule has 1 aromatic rings. The molecule has 0 spiro atoms. The summed E-state index contributed by atoms with van der Waals surface area (Å²) in [6.07, 6.45) is -2.59. The summed E-state index contributed by atoms with van der Waals surface area (Å²) in [4.78, 5) is 17.4. The molecule has 0 radical (unpaired) electrons. The Balaban J connectivity index is 2.09.